The highest BCUT2D eigenvalue weighted by atomic mass is 16.5. The molecule has 0 spiro atoms. The van der Waals surface area contributed by atoms with Crippen LogP contribution in [0.4, 0.5) is 0 Å². The Hall–Kier alpha value is -3.99. The molecule has 0 aliphatic carbocycles. The summed E-state index contributed by atoms with van der Waals surface area (Å²) in [4.78, 5) is 30.0. The van der Waals surface area contributed by atoms with Crippen molar-refractivity contribution in [2.45, 2.75) is 6.92 Å². The fourth-order valence-electron chi connectivity index (χ4n) is 3.81. The van der Waals surface area contributed by atoms with Gasteiger partial charge in [0, 0.05) is 29.9 Å². The maximum absolute atomic E-state index is 13.0. The third-order valence-corrected chi connectivity index (χ3v) is 5.46. The van der Waals surface area contributed by atoms with Crippen molar-refractivity contribution >= 4 is 23.1 Å². The summed E-state index contributed by atoms with van der Waals surface area (Å²) in [5, 5.41) is 9.87. The van der Waals surface area contributed by atoms with E-state index in [1.165, 1.54) is 7.05 Å². The number of benzene rings is 2. The average Bonchev–Trinajstić information content (AvgIpc) is 2.97. The van der Waals surface area contributed by atoms with Crippen LogP contribution in [0.1, 0.15) is 32.0 Å². The van der Waals surface area contributed by atoms with Crippen molar-refractivity contribution in [2.24, 2.45) is 5.73 Å². The first-order valence-electron chi connectivity index (χ1n) is 11.0. The second-order valence-corrected chi connectivity index (χ2v) is 7.67. The van der Waals surface area contributed by atoms with Crippen molar-refractivity contribution < 1.29 is 14.3 Å². The van der Waals surface area contributed by atoms with Gasteiger partial charge in [0.2, 0.25) is 0 Å². The minimum atomic E-state index is -0.0426. The maximum Gasteiger partial charge on any atom is 0.254 e. The van der Waals surface area contributed by atoms with Gasteiger partial charge in [0.15, 0.2) is 6.29 Å². The van der Waals surface area contributed by atoms with Gasteiger partial charge >= 0.3 is 0 Å². The molecule has 34 heavy (non-hydrogen) atoms. The highest BCUT2D eigenvalue weighted by Gasteiger charge is 2.18. The Bertz CT molecular complexity index is 1270. The minimum Gasteiger partial charge on any atom is -0.378 e. The van der Waals surface area contributed by atoms with E-state index < -0.39 is 0 Å². The number of H-pyrrole nitrogens is 1. The number of carbonyl (C=O) groups excluding carboxylic acids is 2. The number of aromatic amines is 1. The molecule has 174 valence electrons. The number of aromatic nitrogens is 1. The number of aldehydes is 1. The molecule has 1 aromatic heterocycles. The molecule has 7 nitrogen and oxygen atoms in total. The van der Waals surface area contributed by atoms with Crippen LogP contribution in [0.25, 0.3) is 22.0 Å². The third-order valence-electron chi connectivity index (χ3n) is 5.46. The summed E-state index contributed by atoms with van der Waals surface area (Å²) < 4.78 is 5.35. The first kappa shape index (κ1) is 24.6. The summed E-state index contributed by atoms with van der Waals surface area (Å²) >= 11 is 0. The molecule has 1 aliphatic rings. The molecule has 0 radical (unpaired) electrons. The molecule has 4 rings (SSSR count). The van der Waals surface area contributed by atoms with Gasteiger partial charge in [-0.1, -0.05) is 24.3 Å². The second-order valence-electron chi connectivity index (χ2n) is 7.67. The zero-order valence-electron chi connectivity index (χ0n) is 19.4. The molecule has 2 heterocycles. The summed E-state index contributed by atoms with van der Waals surface area (Å²) in [6.07, 6.45) is 0.825. The zero-order chi connectivity index (χ0) is 24.5. The van der Waals surface area contributed by atoms with Crippen LogP contribution in [-0.4, -0.2) is 55.4 Å². The van der Waals surface area contributed by atoms with E-state index in [1.807, 2.05) is 43.3 Å². The van der Waals surface area contributed by atoms with Gasteiger partial charge in [-0.05, 0) is 66.9 Å². The number of rotatable bonds is 3. The average molecular weight is 457 g/mol. The molecule has 0 unspecified atom stereocenters. The van der Waals surface area contributed by atoms with Gasteiger partial charge in [0.1, 0.15) is 0 Å². The Kier molecular flexibility index (Phi) is 8.52. The van der Waals surface area contributed by atoms with Gasteiger partial charge in [-0.25, -0.2) is 0 Å². The summed E-state index contributed by atoms with van der Waals surface area (Å²) in [6, 6.07) is 20.5. The van der Waals surface area contributed by atoms with Crippen LogP contribution in [0, 0.1) is 18.3 Å². The Morgan fingerprint density at radius 2 is 1.76 bits per heavy atom. The van der Waals surface area contributed by atoms with Crippen LogP contribution in [0.3, 0.4) is 0 Å². The van der Waals surface area contributed by atoms with Crippen molar-refractivity contribution in [1.82, 2.24) is 9.88 Å². The molecule has 1 amide bonds. The molecular weight excluding hydrogens is 428 g/mol. The molecule has 0 saturated carbocycles. The van der Waals surface area contributed by atoms with E-state index in [0.29, 0.717) is 48.5 Å². The van der Waals surface area contributed by atoms with Crippen LogP contribution >= 0.6 is 0 Å². The van der Waals surface area contributed by atoms with Crippen molar-refractivity contribution in [3.8, 4) is 17.2 Å². The third kappa shape index (κ3) is 5.67. The molecule has 1 fully saturated rings. The van der Waals surface area contributed by atoms with Gasteiger partial charge in [0.05, 0.1) is 30.4 Å². The molecule has 0 bridgehead atoms. The van der Waals surface area contributed by atoms with E-state index in [-0.39, 0.29) is 5.91 Å². The van der Waals surface area contributed by atoms with Gasteiger partial charge in [0.25, 0.3) is 5.91 Å². The lowest BCUT2D eigenvalue weighted by Gasteiger charge is -2.26. The number of nitrogens with zero attached hydrogens (tertiary/aromatic N) is 2. The highest BCUT2D eigenvalue weighted by molar-refractivity contribution is 5.99. The number of nitrogens with one attached hydrogen (secondary N) is 1. The number of hydrogen-bond acceptors (Lipinski definition) is 5. The van der Waals surface area contributed by atoms with Crippen LogP contribution in [0.2, 0.25) is 0 Å². The van der Waals surface area contributed by atoms with E-state index in [4.69, 9.17) is 10.00 Å². The predicted octanol–water partition coefficient (Wildman–Crippen LogP) is 4.00. The zero-order valence-corrected chi connectivity index (χ0v) is 19.4. The van der Waals surface area contributed by atoms with E-state index >= 15 is 0 Å². The van der Waals surface area contributed by atoms with E-state index in [9.17, 15) is 9.59 Å². The lowest BCUT2D eigenvalue weighted by atomic mass is 9.99. The molecule has 7 heteroatoms. The Labute approximate surface area is 199 Å². The maximum atomic E-state index is 13.0. The number of amides is 1. The second kappa shape index (κ2) is 11.8. The van der Waals surface area contributed by atoms with E-state index in [1.54, 1.807) is 29.2 Å². The van der Waals surface area contributed by atoms with Gasteiger partial charge in [-0.2, -0.15) is 5.26 Å². The van der Waals surface area contributed by atoms with Crippen LogP contribution in [0.5, 0.6) is 0 Å². The number of ether oxygens (including phenoxy) is 1. The molecule has 0 atom stereocenters. The molecule has 2 aromatic carbocycles. The summed E-state index contributed by atoms with van der Waals surface area (Å²) in [6.45, 7) is 4.11. The number of carbonyl (C=O) groups is 2. The van der Waals surface area contributed by atoms with Crippen LogP contribution in [0.15, 0.2) is 60.7 Å². The Morgan fingerprint density at radius 3 is 2.41 bits per heavy atom. The largest absolute Gasteiger partial charge is 0.378 e. The number of hydrogen-bond donors (Lipinski definition) is 2. The van der Waals surface area contributed by atoms with Crippen LogP contribution < -0.4 is 5.73 Å². The summed E-state index contributed by atoms with van der Waals surface area (Å²) in [5.74, 6) is -0.0426. The Morgan fingerprint density at radius 1 is 1.06 bits per heavy atom. The van der Waals surface area contributed by atoms with Crippen molar-refractivity contribution in [1.29, 1.82) is 5.26 Å². The number of aryl methyl sites for hydroxylation is 1. The van der Waals surface area contributed by atoms with E-state index in [0.717, 1.165) is 28.5 Å². The van der Waals surface area contributed by atoms with Gasteiger partial charge < -0.3 is 20.4 Å². The van der Waals surface area contributed by atoms with Crippen molar-refractivity contribution in [3.05, 3.63) is 83.0 Å². The fraction of sp³-hybridized carbons (Fsp3) is 0.222. The smallest absolute Gasteiger partial charge is 0.254 e. The number of morpholine rings is 1. The molecule has 1 aliphatic heterocycles. The lowest BCUT2D eigenvalue weighted by Crippen LogP contribution is -2.40. The van der Waals surface area contributed by atoms with E-state index in [2.05, 4.69) is 16.8 Å². The number of nitriles is 1. The van der Waals surface area contributed by atoms with Gasteiger partial charge in [-0.15, -0.1) is 0 Å². The monoisotopic (exact) mass is 456 g/mol. The minimum absolute atomic E-state index is 0.0426. The predicted molar refractivity (Wildman–Crippen MR) is 133 cm³/mol. The number of fused-ring (bicyclic) bond motifs is 1. The fourth-order valence-corrected chi connectivity index (χ4v) is 3.81. The molecule has 3 aromatic rings. The lowest BCUT2D eigenvalue weighted by molar-refractivity contribution is 0.0303. The first-order chi connectivity index (χ1) is 16.6. The molecular formula is C27H28N4O3. The van der Waals surface area contributed by atoms with Crippen LogP contribution in [-0.2, 0) is 4.74 Å². The van der Waals surface area contributed by atoms with Crippen molar-refractivity contribution in [2.75, 3.05) is 33.4 Å². The molecule has 3 N–H and O–H groups in total. The highest BCUT2D eigenvalue weighted by Crippen LogP contribution is 2.26. The summed E-state index contributed by atoms with van der Waals surface area (Å²) in [7, 11) is 1.50. The number of nitrogens with two attached hydrogens (primary N) is 1. The summed E-state index contributed by atoms with van der Waals surface area (Å²) in [5.41, 5.74) is 9.40. The quantitative estimate of drug-likeness (QED) is 0.579. The van der Waals surface area contributed by atoms with Crippen molar-refractivity contribution in [3.63, 3.8) is 0 Å². The molecule has 1 saturated heterocycles. The topological polar surface area (TPSA) is 112 Å². The standard InChI is InChI=1S/C26H23N3O3.CH5N/c1-18-13-22(26(31)29-9-11-32-12-10-29)4-2-3-21-14-23(15-24(17-30)25(21)28-18)20-7-5-19(16-27)6-8-20;1-2/h2-8,13-15,17,28H,9-12H2,1H3;2H2,1H3. The Balaban J connectivity index is 0.00000158. The SMILES string of the molecule is CN.Cc1cc(C(=O)N2CCOCC2)cccc2cc(-c3ccc(C#N)cc3)cc(C=O)c2[nH]1. The normalized spacial score (nSPS) is 12.7. The first-order valence-corrected chi connectivity index (χ1v) is 11.0. The van der Waals surface area contributed by atoms with Gasteiger partial charge in [-0.3, -0.25) is 9.59 Å².